The highest BCUT2D eigenvalue weighted by atomic mass is 35.5. The molecule has 0 bridgehead atoms. The van der Waals surface area contributed by atoms with E-state index in [0.717, 1.165) is 16.7 Å². The Kier molecular flexibility index (Phi) is 3.83. The van der Waals surface area contributed by atoms with E-state index in [4.69, 9.17) is 27.9 Å². The van der Waals surface area contributed by atoms with Gasteiger partial charge in [0.1, 0.15) is 5.15 Å². The minimum Gasteiger partial charge on any atom is -0.433 e. The molecular weight excluding hydrogens is 287 g/mol. The molecule has 1 aromatic heterocycles. The van der Waals surface area contributed by atoms with Gasteiger partial charge in [0, 0.05) is 6.07 Å². The molecule has 19 heavy (non-hydrogen) atoms. The zero-order valence-corrected chi connectivity index (χ0v) is 12.2. The first-order valence-corrected chi connectivity index (χ1v) is 6.35. The molecule has 0 saturated heterocycles. The maximum absolute atomic E-state index is 11.7. The van der Waals surface area contributed by atoms with Gasteiger partial charge in [0.05, 0.1) is 5.02 Å². The number of aromatic nitrogens is 2. The maximum Gasteiger partial charge on any atom is 0.285 e. The molecule has 2 rings (SSSR count). The molecule has 0 saturated carbocycles. The second-order valence-electron chi connectivity index (χ2n) is 4.27. The number of hydrogen-bond donors (Lipinski definition) is 1. The zero-order valence-electron chi connectivity index (χ0n) is 10.7. The van der Waals surface area contributed by atoms with Crippen LogP contribution in [0.4, 0.5) is 0 Å². The minimum absolute atomic E-state index is 0.0839. The second kappa shape index (κ2) is 5.23. The van der Waals surface area contributed by atoms with Crippen molar-refractivity contribution in [3.8, 4) is 11.6 Å². The van der Waals surface area contributed by atoms with Gasteiger partial charge in [-0.3, -0.25) is 9.89 Å². The zero-order chi connectivity index (χ0) is 14.2. The van der Waals surface area contributed by atoms with E-state index in [9.17, 15) is 4.79 Å². The summed E-state index contributed by atoms with van der Waals surface area (Å²) < 4.78 is 5.54. The highest BCUT2D eigenvalue weighted by Crippen LogP contribution is 2.35. The maximum atomic E-state index is 11.7. The lowest BCUT2D eigenvalue weighted by Crippen LogP contribution is -2.08. The first-order chi connectivity index (χ1) is 8.90. The molecule has 1 aromatic carbocycles. The predicted octanol–water partition coefficient (Wildman–Crippen LogP) is 3.79. The lowest BCUT2D eigenvalue weighted by Gasteiger charge is -2.13. The summed E-state index contributed by atoms with van der Waals surface area (Å²) in [6.45, 7) is 5.70. The number of aryl methyl sites for hydroxylation is 2. The van der Waals surface area contributed by atoms with Crippen molar-refractivity contribution in [2.45, 2.75) is 20.8 Å². The molecule has 0 unspecified atom stereocenters. The van der Waals surface area contributed by atoms with Crippen LogP contribution in [0.3, 0.4) is 0 Å². The normalized spacial score (nSPS) is 10.6. The monoisotopic (exact) mass is 298 g/mol. The summed E-state index contributed by atoms with van der Waals surface area (Å²) in [6, 6.07) is 3.17. The van der Waals surface area contributed by atoms with Gasteiger partial charge in [-0.1, -0.05) is 29.3 Å². The van der Waals surface area contributed by atoms with Gasteiger partial charge in [0.15, 0.2) is 5.75 Å². The number of benzene rings is 1. The Morgan fingerprint density at radius 3 is 2.47 bits per heavy atom. The number of halogens is 2. The van der Waals surface area contributed by atoms with Gasteiger partial charge in [-0.25, -0.2) is 0 Å². The van der Waals surface area contributed by atoms with Crippen molar-refractivity contribution >= 4 is 23.2 Å². The first-order valence-electron chi connectivity index (χ1n) is 5.59. The van der Waals surface area contributed by atoms with Crippen LogP contribution in [0.25, 0.3) is 0 Å². The van der Waals surface area contributed by atoms with Crippen LogP contribution in [0.15, 0.2) is 16.9 Å². The Balaban J connectivity index is 2.52. The largest absolute Gasteiger partial charge is 0.433 e. The van der Waals surface area contributed by atoms with Gasteiger partial charge in [0.25, 0.3) is 5.88 Å². The van der Waals surface area contributed by atoms with E-state index < -0.39 is 5.43 Å². The highest BCUT2D eigenvalue weighted by Gasteiger charge is 2.14. The fourth-order valence-electron chi connectivity index (χ4n) is 1.68. The highest BCUT2D eigenvalue weighted by molar-refractivity contribution is 6.33. The molecule has 0 amide bonds. The molecule has 4 nitrogen and oxygen atoms in total. The molecular formula is C13H12Cl2N2O2. The topological polar surface area (TPSA) is 55.0 Å². The Bertz CT molecular complexity index is 670. The van der Waals surface area contributed by atoms with Crippen LogP contribution in [0.2, 0.25) is 10.2 Å². The van der Waals surface area contributed by atoms with Crippen LogP contribution in [-0.4, -0.2) is 10.2 Å². The van der Waals surface area contributed by atoms with Crippen LogP contribution in [-0.2, 0) is 0 Å². The van der Waals surface area contributed by atoms with Crippen LogP contribution in [0, 0.1) is 20.8 Å². The molecule has 1 N–H and O–H groups in total. The number of H-pyrrole nitrogens is 1. The number of rotatable bonds is 2. The Morgan fingerprint density at radius 1 is 1.16 bits per heavy atom. The summed E-state index contributed by atoms with van der Waals surface area (Å²) in [5, 5.41) is 6.87. The summed E-state index contributed by atoms with van der Waals surface area (Å²) >= 11 is 11.8. The summed E-state index contributed by atoms with van der Waals surface area (Å²) in [5.74, 6) is 0.360. The molecule has 0 fully saturated rings. The summed E-state index contributed by atoms with van der Waals surface area (Å²) in [7, 11) is 0. The van der Waals surface area contributed by atoms with Crippen LogP contribution in [0.1, 0.15) is 16.7 Å². The molecule has 0 atom stereocenters. The third-order valence-corrected chi connectivity index (χ3v) is 3.51. The van der Waals surface area contributed by atoms with Gasteiger partial charge in [0.2, 0.25) is 5.43 Å². The van der Waals surface area contributed by atoms with Crippen LogP contribution < -0.4 is 10.2 Å². The third kappa shape index (κ3) is 2.74. The number of ether oxygens (including phenoxy) is 1. The quantitative estimate of drug-likeness (QED) is 0.917. The lowest BCUT2D eigenvalue weighted by molar-refractivity contribution is 0.446. The fraction of sp³-hybridized carbons (Fsp3) is 0.231. The number of aromatic amines is 1. The lowest BCUT2D eigenvalue weighted by atomic mass is 10.1. The van der Waals surface area contributed by atoms with Crippen molar-refractivity contribution in [1.82, 2.24) is 10.2 Å². The average molecular weight is 299 g/mol. The van der Waals surface area contributed by atoms with E-state index in [-0.39, 0.29) is 11.0 Å². The molecule has 0 aliphatic carbocycles. The van der Waals surface area contributed by atoms with Crippen molar-refractivity contribution in [1.29, 1.82) is 0 Å². The van der Waals surface area contributed by atoms with E-state index in [1.807, 2.05) is 26.8 Å². The van der Waals surface area contributed by atoms with Gasteiger partial charge in [-0.05, 0) is 37.5 Å². The average Bonchev–Trinajstić information content (AvgIpc) is 2.34. The van der Waals surface area contributed by atoms with Crippen molar-refractivity contribution in [2.24, 2.45) is 0 Å². The van der Waals surface area contributed by atoms with Crippen molar-refractivity contribution in [3.63, 3.8) is 0 Å². The smallest absolute Gasteiger partial charge is 0.285 e. The van der Waals surface area contributed by atoms with Gasteiger partial charge >= 0.3 is 0 Å². The summed E-state index contributed by atoms with van der Waals surface area (Å²) in [6.07, 6.45) is 0. The minimum atomic E-state index is -0.404. The van der Waals surface area contributed by atoms with Crippen LogP contribution in [0.5, 0.6) is 11.6 Å². The molecule has 0 aliphatic rings. The third-order valence-electron chi connectivity index (χ3n) is 2.84. The van der Waals surface area contributed by atoms with E-state index in [1.54, 1.807) is 0 Å². The SMILES string of the molecule is Cc1cc(C)c(Cl)c(Oc2n[nH]c(Cl)cc2=O)c1C. The number of nitrogens with one attached hydrogen (secondary N) is 1. The van der Waals surface area contributed by atoms with Crippen LogP contribution >= 0.6 is 23.2 Å². The molecule has 100 valence electrons. The summed E-state index contributed by atoms with van der Waals surface area (Å²) in [4.78, 5) is 11.7. The number of nitrogens with zero attached hydrogens (tertiary/aromatic N) is 1. The molecule has 0 aliphatic heterocycles. The standard InChI is InChI=1S/C13H12Cl2N2O2/c1-6-4-7(2)11(15)12(8(6)3)19-13-9(18)5-10(14)16-17-13/h4-5H,1-3H3,(H,16,18). The van der Waals surface area contributed by atoms with Crippen molar-refractivity contribution in [3.05, 3.63) is 49.2 Å². The fourth-order valence-corrected chi connectivity index (χ4v) is 2.05. The van der Waals surface area contributed by atoms with E-state index in [1.165, 1.54) is 6.07 Å². The predicted molar refractivity (Wildman–Crippen MR) is 75.6 cm³/mol. The van der Waals surface area contributed by atoms with Gasteiger partial charge in [-0.15, -0.1) is 5.10 Å². The van der Waals surface area contributed by atoms with Crippen molar-refractivity contribution in [2.75, 3.05) is 0 Å². The Labute approximate surface area is 120 Å². The Hall–Kier alpha value is -1.52. The van der Waals surface area contributed by atoms with E-state index in [2.05, 4.69) is 10.2 Å². The van der Waals surface area contributed by atoms with E-state index in [0.29, 0.717) is 10.8 Å². The Morgan fingerprint density at radius 2 is 1.84 bits per heavy atom. The molecule has 2 aromatic rings. The molecule has 0 spiro atoms. The molecule has 0 radical (unpaired) electrons. The van der Waals surface area contributed by atoms with Crippen molar-refractivity contribution < 1.29 is 4.74 Å². The van der Waals surface area contributed by atoms with E-state index >= 15 is 0 Å². The number of hydrogen-bond acceptors (Lipinski definition) is 3. The first kappa shape index (κ1) is 13.9. The second-order valence-corrected chi connectivity index (χ2v) is 5.05. The molecule has 6 heteroatoms. The van der Waals surface area contributed by atoms with Gasteiger partial charge in [-0.2, -0.15) is 0 Å². The summed E-state index contributed by atoms with van der Waals surface area (Å²) in [5.41, 5.74) is 2.37. The molecule has 1 heterocycles. The van der Waals surface area contributed by atoms with Gasteiger partial charge < -0.3 is 4.74 Å².